The highest BCUT2D eigenvalue weighted by Crippen LogP contribution is 2.29. The van der Waals surface area contributed by atoms with Crippen molar-refractivity contribution in [2.45, 2.75) is 18.8 Å². The van der Waals surface area contributed by atoms with Gasteiger partial charge in [0.15, 0.2) is 5.15 Å². The molecule has 1 aliphatic heterocycles. The fraction of sp³-hybridized carbons (Fsp3) is 0.500. The van der Waals surface area contributed by atoms with E-state index >= 15 is 0 Å². The summed E-state index contributed by atoms with van der Waals surface area (Å²) < 4.78 is 0. The lowest BCUT2D eigenvalue weighted by atomic mass is 9.94. The van der Waals surface area contributed by atoms with E-state index in [-0.39, 0.29) is 5.92 Å². The number of carbonyl (C=O) groups is 1. The largest absolute Gasteiger partial charge is 0.465 e. The Kier molecular flexibility index (Phi) is 3.24. The third-order valence-corrected chi connectivity index (χ3v) is 3.12. The monoisotopic (exact) mass is 241 g/mol. The lowest BCUT2D eigenvalue weighted by Crippen LogP contribution is -2.37. The van der Waals surface area contributed by atoms with Gasteiger partial charge in [-0.05, 0) is 12.8 Å². The van der Waals surface area contributed by atoms with Crippen LogP contribution in [0.25, 0.3) is 0 Å². The summed E-state index contributed by atoms with van der Waals surface area (Å²) in [7, 11) is 0. The molecule has 0 aromatic carbocycles. The van der Waals surface area contributed by atoms with Gasteiger partial charge in [-0.1, -0.05) is 11.6 Å². The Morgan fingerprint density at radius 1 is 1.38 bits per heavy atom. The summed E-state index contributed by atoms with van der Waals surface area (Å²) in [4.78, 5) is 20.3. The number of nitrogens with zero attached hydrogens (tertiary/aromatic N) is 3. The highest BCUT2D eigenvalue weighted by molar-refractivity contribution is 6.30. The van der Waals surface area contributed by atoms with Crippen molar-refractivity contribution in [2.75, 3.05) is 13.1 Å². The third kappa shape index (κ3) is 2.24. The number of aromatic nitrogens is 2. The molecule has 86 valence electrons. The van der Waals surface area contributed by atoms with Gasteiger partial charge in [-0.2, -0.15) is 0 Å². The smallest absolute Gasteiger partial charge is 0.407 e. The quantitative estimate of drug-likeness (QED) is 0.817. The number of hydrogen-bond donors (Lipinski definition) is 1. The van der Waals surface area contributed by atoms with Crippen molar-refractivity contribution in [3.8, 4) is 0 Å². The highest BCUT2D eigenvalue weighted by Gasteiger charge is 2.25. The van der Waals surface area contributed by atoms with E-state index in [1.807, 2.05) is 0 Å². The molecule has 6 heteroatoms. The summed E-state index contributed by atoms with van der Waals surface area (Å²) in [5, 5.41) is 9.25. The molecule has 0 spiro atoms. The van der Waals surface area contributed by atoms with Gasteiger partial charge in [-0.25, -0.2) is 9.78 Å². The van der Waals surface area contributed by atoms with Gasteiger partial charge in [0.05, 0.1) is 5.69 Å². The summed E-state index contributed by atoms with van der Waals surface area (Å²) in [5.41, 5.74) is 0.786. The molecule has 1 N–H and O–H groups in total. The molecule has 5 nitrogen and oxygen atoms in total. The van der Waals surface area contributed by atoms with E-state index in [0.29, 0.717) is 18.2 Å². The second kappa shape index (κ2) is 4.65. The standard InChI is InChI=1S/C10H12ClN3O2/c11-9-8(12-3-4-13-9)7-1-5-14(6-2-7)10(15)16/h3-4,7H,1-2,5-6H2,(H,15,16). The lowest BCUT2D eigenvalue weighted by molar-refractivity contribution is 0.131. The zero-order valence-electron chi connectivity index (χ0n) is 8.64. The molecule has 1 aliphatic rings. The molecule has 0 radical (unpaired) electrons. The van der Waals surface area contributed by atoms with Gasteiger partial charge in [0.2, 0.25) is 0 Å². The maximum absolute atomic E-state index is 10.7. The van der Waals surface area contributed by atoms with Crippen LogP contribution < -0.4 is 0 Å². The van der Waals surface area contributed by atoms with Crippen molar-refractivity contribution in [2.24, 2.45) is 0 Å². The number of hydrogen-bond acceptors (Lipinski definition) is 3. The van der Waals surface area contributed by atoms with Crippen molar-refractivity contribution < 1.29 is 9.90 Å². The van der Waals surface area contributed by atoms with Crippen LogP contribution in [0.5, 0.6) is 0 Å². The molecule has 1 amide bonds. The number of amides is 1. The second-order valence-corrected chi connectivity index (χ2v) is 4.13. The highest BCUT2D eigenvalue weighted by atomic mass is 35.5. The average molecular weight is 242 g/mol. The molecule has 16 heavy (non-hydrogen) atoms. The van der Waals surface area contributed by atoms with Crippen LogP contribution in [0.3, 0.4) is 0 Å². The molecular weight excluding hydrogens is 230 g/mol. The number of rotatable bonds is 1. The van der Waals surface area contributed by atoms with Gasteiger partial charge < -0.3 is 10.0 Å². The summed E-state index contributed by atoms with van der Waals surface area (Å²) in [6.45, 7) is 1.07. The molecule has 0 atom stereocenters. The average Bonchev–Trinajstić information content (AvgIpc) is 2.30. The summed E-state index contributed by atoms with van der Waals surface area (Å²) >= 11 is 5.95. The molecule has 0 aliphatic carbocycles. The van der Waals surface area contributed by atoms with Gasteiger partial charge in [0, 0.05) is 31.4 Å². The molecule has 0 bridgehead atoms. The normalized spacial score (nSPS) is 17.4. The van der Waals surface area contributed by atoms with Gasteiger partial charge in [0.1, 0.15) is 0 Å². The van der Waals surface area contributed by atoms with Crippen molar-refractivity contribution in [3.05, 3.63) is 23.2 Å². The molecule has 1 saturated heterocycles. The van der Waals surface area contributed by atoms with Crippen LogP contribution >= 0.6 is 11.6 Å². The van der Waals surface area contributed by atoms with Gasteiger partial charge in [-0.15, -0.1) is 0 Å². The molecule has 0 unspecified atom stereocenters. The van der Waals surface area contributed by atoms with Crippen molar-refractivity contribution in [1.29, 1.82) is 0 Å². The lowest BCUT2D eigenvalue weighted by Gasteiger charge is -2.29. The number of halogens is 1. The molecule has 1 aromatic heterocycles. The Morgan fingerprint density at radius 2 is 2.00 bits per heavy atom. The minimum atomic E-state index is -0.858. The van der Waals surface area contributed by atoms with Crippen molar-refractivity contribution in [3.63, 3.8) is 0 Å². The SMILES string of the molecule is O=C(O)N1CCC(c2nccnc2Cl)CC1. The zero-order valence-corrected chi connectivity index (χ0v) is 9.39. The van der Waals surface area contributed by atoms with Gasteiger partial charge in [-0.3, -0.25) is 4.98 Å². The molecule has 2 rings (SSSR count). The van der Waals surface area contributed by atoms with E-state index in [2.05, 4.69) is 9.97 Å². The first kappa shape index (κ1) is 11.1. The Labute approximate surface area is 98.1 Å². The molecule has 0 saturated carbocycles. The number of carboxylic acid groups (broad SMARTS) is 1. The van der Waals surface area contributed by atoms with Crippen LogP contribution in [-0.2, 0) is 0 Å². The molecule has 2 heterocycles. The van der Waals surface area contributed by atoms with E-state index < -0.39 is 6.09 Å². The fourth-order valence-electron chi connectivity index (χ4n) is 1.95. The first-order valence-corrected chi connectivity index (χ1v) is 5.50. The minimum absolute atomic E-state index is 0.219. The van der Waals surface area contributed by atoms with Crippen LogP contribution in [0.4, 0.5) is 4.79 Å². The maximum atomic E-state index is 10.7. The minimum Gasteiger partial charge on any atom is -0.465 e. The van der Waals surface area contributed by atoms with Crippen LogP contribution in [0.2, 0.25) is 5.15 Å². The van der Waals surface area contributed by atoms with E-state index in [1.165, 1.54) is 4.90 Å². The topological polar surface area (TPSA) is 66.3 Å². The van der Waals surface area contributed by atoms with Crippen molar-refractivity contribution >= 4 is 17.7 Å². The zero-order chi connectivity index (χ0) is 11.5. The Morgan fingerprint density at radius 3 is 2.56 bits per heavy atom. The summed E-state index contributed by atoms with van der Waals surface area (Å²) in [6.07, 6.45) is 3.82. The van der Waals surface area contributed by atoms with Gasteiger partial charge >= 0.3 is 6.09 Å². The first-order valence-electron chi connectivity index (χ1n) is 5.12. The van der Waals surface area contributed by atoms with E-state index in [4.69, 9.17) is 16.7 Å². The Hall–Kier alpha value is -1.36. The van der Waals surface area contributed by atoms with Crippen LogP contribution in [0, 0.1) is 0 Å². The second-order valence-electron chi connectivity index (χ2n) is 3.78. The maximum Gasteiger partial charge on any atom is 0.407 e. The van der Waals surface area contributed by atoms with Crippen LogP contribution in [0.1, 0.15) is 24.5 Å². The Balaban J connectivity index is 2.05. The summed E-state index contributed by atoms with van der Waals surface area (Å²) in [6, 6.07) is 0. The third-order valence-electron chi connectivity index (χ3n) is 2.83. The van der Waals surface area contributed by atoms with E-state index in [1.54, 1.807) is 12.4 Å². The predicted molar refractivity (Wildman–Crippen MR) is 58.6 cm³/mol. The predicted octanol–water partition coefficient (Wildman–Crippen LogP) is 1.99. The Bertz CT molecular complexity index is 391. The van der Waals surface area contributed by atoms with Crippen molar-refractivity contribution in [1.82, 2.24) is 14.9 Å². The molecule has 1 fully saturated rings. The molecular formula is C10H12ClN3O2. The van der Waals surface area contributed by atoms with E-state index in [0.717, 1.165) is 18.5 Å². The van der Waals surface area contributed by atoms with Crippen LogP contribution in [0.15, 0.2) is 12.4 Å². The fourth-order valence-corrected chi connectivity index (χ4v) is 2.21. The summed E-state index contributed by atoms with van der Waals surface area (Å²) in [5.74, 6) is 0.219. The first-order chi connectivity index (χ1) is 7.68. The van der Waals surface area contributed by atoms with Gasteiger partial charge in [0.25, 0.3) is 0 Å². The molecule has 1 aromatic rings. The van der Waals surface area contributed by atoms with E-state index in [9.17, 15) is 4.79 Å². The number of piperidine rings is 1. The number of likely N-dealkylation sites (tertiary alicyclic amines) is 1. The van der Waals surface area contributed by atoms with Crippen LogP contribution in [-0.4, -0.2) is 39.2 Å².